The van der Waals surface area contributed by atoms with Gasteiger partial charge in [-0.15, -0.1) is 0 Å². The molecule has 1 heterocycles. The fourth-order valence-corrected chi connectivity index (χ4v) is 2.39. The summed E-state index contributed by atoms with van der Waals surface area (Å²) in [5.41, 5.74) is 0.526. The highest BCUT2D eigenvalue weighted by molar-refractivity contribution is 4.80. The van der Waals surface area contributed by atoms with Gasteiger partial charge in [0.15, 0.2) is 0 Å². The maximum Gasteiger partial charge on any atom is 0.0480 e. The second kappa shape index (κ2) is 6.49. The summed E-state index contributed by atoms with van der Waals surface area (Å²) >= 11 is 0. The second-order valence-corrected chi connectivity index (χ2v) is 4.83. The van der Waals surface area contributed by atoms with Crippen LogP contribution in [-0.4, -0.2) is 25.8 Å². The van der Waals surface area contributed by atoms with Crippen molar-refractivity contribution >= 4 is 0 Å². The van der Waals surface area contributed by atoms with Crippen LogP contribution in [0.4, 0.5) is 0 Å². The number of hydrogen-bond donors (Lipinski definition) is 1. The Morgan fingerprint density at radius 2 is 1.60 bits per heavy atom. The molecular weight excluding hydrogens is 186 g/mol. The molecule has 0 amide bonds. The molecule has 2 nitrogen and oxygen atoms in total. The van der Waals surface area contributed by atoms with Crippen LogP contribution in [0.2, 0.25) is 0 Å². The van der Waals surface area contributed by atoms with Crippen molar-refractivity contribution in [2.24, 2.45) is 5.41 Å². The molecule has 0 saturated carbocycles. The van der Waals surface area contributed by atoms with Gasteiger partial charge in [0.2, 0.25) is 0 Å². The summed E-state index contributed by atoms with van der Waals surface area (Å²) in [6.07, 6.45) is 6.24. The molecule has 1 rings (SSSR count). The van der Waals surface area contributed by atoms with Crippen molar-refractivity contribution in [3.63, 3.8) is 0 Å². The largest absolute Gasteiger partial charge is 0.381 e. The predicted molar refractivity (Wildman–Crippen MR) is 65.1 cm³/mol. The molecule has 2 heteroatoms. The van der Waals surface area contributed by atoms with Crippen LogP contribution in [0, 0.1) is 5.41 Å². The van der Waals surface area contributed by atoms with Gasteiger partial charge < -0.3 is 10.1 Å². The third-order valence-corrected chi connectivity index (χ3v) is 4.24. The van der Waals surface area contributed by atoms with Crippen LogP contribution in [0.25, 0.3) is 0 Å². The molecule has 0 aliphatic carbocycles. The van der Waals surface area contributed by atoms with Gasteiger partial charge in [0.1, 0.15) is 0 Å². The molecular formula is C13H27NO. The van der Waals surface area contributed by atoms with E-state index in [4.69, 9.17) is 4.74 Å². The lowest BCUT2D eigenvalue weighted by Crippen LogP contribution is -2.41. The molecule has 0 bridgehead atoms. The zero-order valence-electron chi connectivity index (χ0n) is 10.6. The van der Waals surface area contributed by atoms with Gasteiger partial charge in [0, 0.05) is 25.8 Å². The van der Waals surface area contributed by atoms with E-state index in [1.165, 1.54) is 38.6 Å². The SMILES string of the molecule is CCC(CC)(CC)CNC1CCOCC1. The first-order valence-corrected chi connectivity index (χ1v) is 6.57. The Balaban J connectivity index is 2.31. The molecule has 1 aliphatic heterocycles. The number of ether oxygens (including phenoxy) is 1. The Morgan fingerprint density at radius 1 is 1.07 bits per heavy atom. The topological polar surface area (TPSA) is 21.3 Å². The number of nitrogens with one attached hydrogen (secondary N) is 1. The van der Waals surface area contributed by atoms with E-state index in [9.17, 15) is 0 Å². The standard InChI is InChI=1S/C13H27NO/c1-4-13(5-2,6-3)11-14-12-7-9-15-10-8-12/h12,14H,4-11H2,1-3H3. The molecule has 90 valence electrons. The third kappa shape index (κ3) is 3.76. The van der Waals surface area contributed by atoms with Crippen LogP contribution in [-0.2, 0) is 4.74 Å². The van der Waals surface area contributed by atoms with Crippen LogP contribution >= 0.6 is 0 Å². The van der Waals surface area contributed by atoms with Crippen LogP contribution < -0.4 is 5.32 Å². The summed E-state index contributed by atoms with van der Waals surface area (Å²) < 4.78 is 5.37. The van der Waals surface area contributed by atoms with E-state index >= 15 is 0 Å². The molecule has 0 unspecified atom stereocenters. The maximum atomic E-state index is 5.37. The molecule has 0 aromatic heterocycles. The quantitative estimate of drug-likeness (QED) is 0.732. The van der Waals surface area contributed by atoms with Crippen molar-refractivity contribution in [2.45, 2.75) is 58.9 Å². The average molecular weight is 213 g/mol. The molecule has 1 N–H and O–H groups in total. The highest BCUT2D eigenvalue weighted by Crippen LogP contribution is 2.29. The van der Waals surface area contributed by atoms with Gasteiger partial charge in [-0.2, -0.15) is 0 Å². The van der Waals surface area contributed by atoms with Crippen molar-refractivity contribution in [3.05, 3.63) is 0 Å². The van der Waals surface area contributed by atoms with Gasteiger partial charge >= 0.3 is 0 Å². The monoisotopic (exact) mass is 213 g/mol. The summed E-state index contributed by atoms with van der Waals surface area (Å²) in [5, 5.41) is 3.74. The smallest absolute Gasteiger partial charge is 0.0480 e. The van der Waals surface area contributed by atoms with E-state index < -0.39 is 0 Å². The Bertz CT molecular complexity index is 152. The summed E-state index contributed by atoms with van der Waals surface area (Å²) in [7, 11) is 0. The zero-order valence-corrected chi connectivity index (χ0v) is 10.6. The Morgan fingerprint density at radius 3 is 2.07 bits per heavy atom. The minimum absolute atomic E-state index is 0.526. The zero-order chi connectivity index (χ0) is 11.1. The van der Waals surface area contributed by atoms with Crippen molar-refractivity contribution < 1.29 is 4.74 Å². The highest BCUT2D eigenvalue weighted by atomic mass is 16.5. The molecule has 1 aliphatic rings. The highest BCUT2D eigenvalue weighted by Gasteiger charge is 2.25. The number of rotatable bonds is 6. The van der Waals surface area contributed by atoms with Crippen LogP contribution in [0.5, 0.6) is 0 Å². The number of hydrogen-bond acceptors (Lipinski definition) is 2. The summed E-state index contributed by atoms with van der Waals surface area (Å²) in [5.74, 6) is 0. The van der Waals surface area contributed by atoms with Crippen molar-refractivity contribution in [2.75, 3.05) is 19.8 Å². The average Bonchev–Trinajstić information content (AvgIpc) is 2.33. The first-order valence-electron chi connectivity index (χ1n) is 6.57. The first-order chi connectivity index (χ1) is 7.26. The van der Waals surface area contributed by atoms with Gasteiger partial charge in [0.25, 0.3) is 0 Å². The van der Waals surface area contributed by atoms with Gasteiger partial charge in [0.05, 0.1) is 0 Å². The van der Waals surface area contributed by atoms with Crippen molar-refractivity contribution in [3.8, 4) is 0 Å². The molecule has 0 aromatic carbocycles. The van der Waals surface area contributed by atoms with Crippen molar-refractivity contribution in [1.82, 2.24) is 5.32 Å². The van der Waals surface area contributed by atoms with E-state index in [0.717, 1.165) is 13.2 Å². The maximum absolute atomic E-state index is 5.37. The van der Waals surface area contributed by atoms with E-state index in [-0.39, 0.29) is 0 Å². The van der Waals surface area contributed by atoms with Crippen LogP contribution in [0.3, 0.4) is 0 Å². The second-order valence-electron chi connectivity index (χ2n) is 4.83. The molecule has 1 fully saturated rings. The third-order valence-electron chi connectivity index (χ3n) is 4.24. The predicted octanol–water partition coefficient (Wildman–Crippen LogP) is 2.97. The molecule has 15 heavy (non-hydrogen) atoms. The lowest BCUT2D eigenvalue weighted by molar-refractivity contribution is 0.0730. The minimum atomic E-state index is 0.526. The van der Waals surface area contributed by atoms with Gasteiger partial charge in [-0.1, -0.05) is 20.8 Å². The normalized spacial score (nSPS) is 19.4. The summed E-state index contributed by atoms with van der Waals surface area (Å²) in [6, 6.07) is 0.697. The van der Waals surface area contributed by atoms with E-state index in [1.54, 1.807) is 0 Å². The summed E-state index contributed by atoms with van der Waals surface area (Å²) in [4.78, 5) is 0. The van der Waals surface area contributed by atoms with E-state index in [1.807, 2.05) is 0 Å². The lowest BCUT2D eigenvalue weighted by atomic mass is 9.79. The molecule has 1 saturated heterocycles. The molecule has 0 spiro atoms. The molecule has 0 radical (unpaired) electrons. The Hall–Kier alpha value is -0.0800. The minimum Gasteiger partial charge on any atom is -0.381 e. The fraction of sp³-hybridized carbons (Fsp3) is 1.00. The Labute approximate surface area is 94.8 Å². The molecule has 0 atom stereocenters. The van der Waals surface area contributed by atoms with Gasteiger partial charge in [-0.25, -0.2) is 0 Å². The fourth-order valence-electron chi connectivity index (χ4n) is 2.39. The Kier molecular flexibility index (Phi) is 5.62. The van der Waals surface area contributed by atoms with Gasteiger partial charge in [-0.05, 0) is 37.5 Å². The van der Waals surface area contributed by atoms with Gasteiger partial charge in [-0.3, -0.25) is 0 Å². The van der Waals surface area contributed by atoms with Crippen LogP contribution in [0.1, 0.15) is 52.9 Å². The van der Waals surface area contributed by atoms with Crippen molar-refractivity contribution in [1.29, 1.82) is 0 Å². The lowest BCUT2D eigenvalue weighted by Gasteiger charge is -2.34. The van der Waals surface area contributed by atoms with E-state index in [0.29, 0.717) is 11.5 Å². The summed E-state index contributed by atoms with van der Waals surface area (Å²) in [6.45, 7) is 10.0. The molecule has 0 aromatic rings. The van der Waals surface area contributed by atoms with Crippen LogP contribution in [0.15, 0.2) is 0 Å². The first kappa shape index (κ1) is 13.0. The van der Waals surface area contributed by atoms with E-state index in [2.05, 4.69) is 26.1 Å².